The minimum absolute atomic E-state index is 0.000460. The van der Waals surface area contributed by atoms with Crippen molar-refractivity contribution >= 4 is 5.78 Å². The third kappa shape index (κ3) is 3.22. The zero-order chi connectivity index (χ0) is 13.7. The summed E-state index contributed by atoms with van der Waals surface area (Å²) in [6.07, 6.45) is 1.01. The van der Waals surface area contributed by atoms with E-state index in [0.29, 0.717) is 16.9 Å². The number of benzene rings is 2. The Morgan fingerprint density at radius 1 is 1.05 bits per heavy atom. The van der Waals surface area contributed by atoms with Crippen LogP contribution in [-0.2, 0) is 0 Å². The van der Waals surface area contributed by atoms with Crippen LogP contribution in [-0.4, -0.2) is 11.9 Å². The molecule has 98 valence electrons. The van der Waals surface area contributed by atoms with Crippen molar-refractivity contribution in [2.24, 2.45) is 0 Å². The highest BCUT2D eigenvalue weighted by atomic mass is 16.5. The average molecular weight is 254 g/mol. The molecule has 0 bridgehead atoms. The Hall–Kier alpha value is -2.09. The second kappa shape index (κ2) is 6.19. The molecule has 19 heavy (non-hydrogen) atoms. The molecule has 0 saturated heterocycles. The van der Waals surface area contributed by atoms with Gasteiger partial charge in [0.1, 0.15) is 5.75 Å². The molecule has 1 unspecified atom stereocenters. The number of hydrogen-bond donors (Lipinski definition) is 0. The Morgan fingerprint density at radius 3 is 2.37 bits per heavy atom. The van der Waals surface area contributed by atoms with Crippen LogP contribution < -0.4 is 4.74 Å². The van der Waals surface area contributed by atoms with Crippen molar-refractivity contribution in [1.29, 1.82) is 0 Å². The fraction of sp³-hybridized carbons (Fsp3) is 0.235. The van der Waals surface area contributed by atoms with Crippen LogP contribution in [0.15, 0.2) is 54.6 Å². The summed E-state index contributed by atoms with van der Waals surface area (Å²) in [5, 5.41) is 0. The second-order valence-corrected chi connectivity index (χ2v) is 4.53. The van der Waals surface area contributed by atoms with Crippen LogP contribution in [0.2, 0.25) is 0 Å². The van der Waals surface area contributed by atoms with E-state index in [2.05, 4.69) is 6.92 Å². The SMILES string of the molecule is CCC(C)Oc1ccccc1C(=O)c1ccccc1. The minimum atomic E-state index is -0.000460. The number of carbonyl (C=O) groups excluding carboxylic acids is 1. The van der Waals surface area contributed by atoms with Gasteiger partial charge in [-0.15, -0.1) is 0 Å². The molecule has 1 atom stereocenters. The summed E-state index contributed by atoms with van der Waals surface area (Å²) in [7, 11) is 0. The molecule has 0 saturated carbocycles. The number of ketones is 1. The van der Waals surface area contributed by atoms with Gasteiger partial charge < -0.3 is 4.74 Å². The third-order valence-electron chi connectivity index (χ3n) is 3.07. The summed E-state index contributed by atoms with van der Waals surface area (Å²) in [5.74, 6) is 0.658. The minimum Gasteiger partial charge on any atom is -0.490 e. The molecular weight excluding hydrogens is 236 g/mol. The molecule has 0 aliphatic carbocycles. The van der Waals surface area contributed by atoms with Gasteiger partial charge in [0.25, 0.3) is 0 Å². The molecule has 0 aliphatic heterocycles. The average Bonchev–Trinajstić information content (AvgIpc) is 2.48. The summed E-state index contributed by atoms with van der Waals surface area (Å²) >= 11 is 0. The zero-order valence-corrected chi connectivity index (χ0v) is 11.3. The normalized spacial score (nSPS) is 11.9. The van der Waals surface area contributed by atoms with E-state index in [9.17, 15) is 4.79 Å². The van der Waals surface area contributed by atoms with Gasteiger partial charge in [0.2, 0.25) is 0 Å². The fourth-order valence-electron chi connectivity index (χ4n) is 1.80. The van der Waals surface area contributed by atoms with Crippen LogP contribution in [0.25, 0.3) is 0 Å². The van der Waals surface area contributed by atoms with E-state index in [4.69, 9.17) is 4.74 Å². The number of rotatable bonds is 5. The summed E-state index contributed by atoms with van der Waals surface area (Å²) in [5.41, 5.74) is 1.30. The maximum atomic E-state index is 12.5. The first-order chi connectivity index (χ1) is 9.22. The Balaban J connectivity index is 2.32. The van der Waals surface area contributed by atoms with Crippen molar-refractivity contribution < 1.29 is 9.53 Å². The lowest BCUT2D eigenvalue weighted by Crippen LogP contribution is -2.13. The van der Waals surface area contributed by atoms with E-state index in [1.54, 1.807) is 0 Å². The zero-order valence-electron chi connectivity index (χ0n) is 11.3. The number of para-hydroxylation sites is 1. The molecule has 0 spiro atoms. The van der Waals surface area contributed by atoms with Crippen molar-refractivity contribution in [3.05, 3.63) is 65.7 Å². The molecule has 0 heterocycles. The molecule has 2 aromatic rings. The molecule has 0 aromatic heterocycles. The van der Waals surface area contributed by atoms with E-state index >= 15 is 0 Å². The van der Waals surface area contributed by atoms with Gasteiger partial charge in [-0.1, -0.05) is 49.4 Å². The van der Waals surface area contributed by atoms with Gasteiger partial charge in [-0.25, -0.2) is 0 Å². The highest BCUT2D eigenvalue weighted by molar-refractivity contribution is 6.10. The molecule has 0 fully saturated rings. The highest BCUT2D eigenvalue weighted by Crippen LogP contribution is 2.23. The van der Waals surface area contributed by atoms with Gasteiger partial charge in [0.15, 0.2) is 5.78 Å². The monoisotopic (exact) mass is 254 g/mol. The summed E-state index contributed by atoms with van der Waals surface area (Å²) < 4.78 is 5.82. The topological polar surface area (TPSA) is 26.3 Å². The lowest BCUT2D eigenvalue weighted by molar-refractivity contribution is 0.103. The van der Waals surface area contributed by atoms with Gasteiger partial charge in [0.05, 0.1) is 11.7 Å². The standard InChI is InChI=1S/C17H18O2/c1-3-13(2)19-16-12-8-7-11-15(16)17(18)14-9-5-4-6-10-14/h4-13H,3H2,1-2H3. The van der Waals surface area contributed by atoms with E-state index in [-0.39, 0.29) is 11.9 Å². The maximum Gasteiger partial charge on any atom is 0.196 e. The van der Waals surface area contributed by atoms with E-state index in [1.807, 2.05) is 61.5 Å². The van der Waals surface area contributed by atoms with Crippen molar-refractivity contribution in [3.8, 4) is 5.75 Å². The number of carbonyl (C=O) groups is 1. The Labute approximate surface area is 114 Å². The van der Waals surface area contributed by atoms with Crippen LogP contribution >= 0.6 is 0 Å². The van der Waals surface area contributed by atoms with Crippen molar-refractivity contribution in [1.82, 2.24) is 0 Å². The maximum absolute atomic E-state index is 12.5. The summed E-state index contributed by atoms with van der Waals surface area (Å²) in [4.78, 5) is 12.5. The summed E-state index contributed by atoms with van der Waals surface area (Å²) in [6.45, 7) is 4.07. The first-order valence-corrected chi connectivity index (χ1v) is 6.57. The van der Waals surface area contributed by atoms with Gasteiger partial charge in [-0.05, 0) is 25.5 Å². The molecule has 0 radical (unpaired) electrons. The van der Waals surface area contributed by atoms with Crippen LogP contribution in [0, 0.1) is 0 Å². The van der Waals surface area contributed by atoms with Gasteiger partial charge in [-0.2, -0.15) is 0 Å². The largest absolute Gasteiger partial charge is 0.490 e. The van der Waals surface area contributed by atoms with Gasteiger partial charge in [-0.3, -0.25) is 4.79 Å². The highest BCUT2D eigenvalue weighted by Gasteiger charge is 2.15. The third-order valence-corrected chi connectivity index (χ3v) is 3.07. The van der Waals surface area contributed by atoms with Crippen molar-refractivity contribution in [2.45, 2.75) is 26.4 Å². The molecule has 2 rings (SSSR count). The lowest BCUT2D eigenvalue weighted by Gasteiger charge is -2.15. The molecule has 0 aliphatic rings. The smallest absolute Gasteiger partial charge is 0.196 e. The van der Waals surface area contributed by atoms with Crippen molar-refractivity contribution in [3.63, 3.8) is 0 Å². The van der Waals surface area contributed by atoms with Crippen LogP contribution in [0.3, 0.4) is 0 Å². The predicted octanol–water partition coefficient (Wildman–Crippen LogP) is 4.09. The molecule has 0 N–H and O–H groups in total. The van der Waals surface area contributed by atoms with E-state index < -0.39 is 0 Å². The first kappa shape index (κ1) is 13.3. The van der Waals surface area contributed by atoms with Crippen LogP contribution in [0.1, 0.15) is 36.2 Å². The Bertz CT molecular complexity index is 546. The fourth-order valence-corrected chi connectivity index (χ4v) is 1.80. The van der Waals surface area contributed by atoms with Crippen molar-refractivity contribution in [2.75, 3.05) is 0 Å². The summed E-state index contributed by atoms with van der Waals surface area (Å²) in [6, 6.07) is 16.7. The number of ether oxygens (including phenoxy) is 1. The van der Waals surface area contributed by atoms with E-state index in [1.165, 1.54) is 0 Å². The predicted molar refractivity (Wildman–Crippen MR) is 76.7 cm³/mol. The lowest BCUT2D eigenvalue weighted by atomic mass is 10.0. The van der Waals surface area contributed by atoms with Gasteiger partial charge in [0, 0.05) is 5.56 Å². The molecule has 2 heteroatoms. The quantitative estimate of drug-likeness (QED) is 0.751. The van der Waals surface area contributed by atoms with Gasteiger partial charge >= 0.3 is 0 Å². The Morgan fingerprint density at radius 2 is 1.68 bits per heavy atom. The second-order valence-electron chi connectivity index (χ2n) is 4.53. The Kier molecular flexibility index (Phi) is 4.35. The van der Waals surface area contributed by atoms with Crippen LogP contribution in [0.5, 0.6) is 5.75 Å². The molecule has 2 aromatic carbocycles. The molecule has 2 nitrogen and oxygen atoms in total. The molecule has 0 amide bonds. The molecular formula is C17H18O2. The first-order valence-electron chi connectivity index (χ1n) is 6.57. The van der Waals surface area contributed by atoms with E-state index in [0.717, 1.165) is 6.42 Å². The van der Waals surface area contributed by atoms with Crippen LogP contribution in [0.4, 0.5) is 0 Å². The number of hydrogen-bond acceptors (Lipinski definition) is 2.